The predicted molar refractivity (Wildman–Crippen MR) is 88.8 cm³/mol. The molecule has 0 radical (unpaired) electrons. The van der Waals surface area contributed by atoms with E-state index in [4.69, 9.17) is 17.3 Å². The third kappa shape index (κ3) is 3.38. The van der Waals surface area contributed by atoms with Crippen LogP contribution in [0.15, 0.2) is 24.3 Å². The number of carbonyl (C=O) groups is 1. The van der Waals surface area contributed by atoms with Gasteiger partial charge in [0.2, 0.25) is 0 Å². The van der Waals surface area contributed by atoms with Crippen molar-refractivity contribution in [2.45, 2.75) is 38.1 Å². The predicted octanol–water partition coefficient (Wildman–Crippen LogP) is 2.23. The number of rotatable bonds is 5. The quantitative estimate of drug-likeness (QED) is 0.878. The van der Waals surface area contributed by atoms with Gasteiger partial charge in [-0.25, -0.2) is 4.68 Å². The molecule has 7 heteroatoms. The zero-order chi connectivity index (χ0) is 16.4. The number of amides is 1. The minimum Gasteiger partial charge on any atom is -0.351 e. The number of hydrogen-bond acceptors (Lipinski definition) is 4. The fourth-order valence-corrected chi connectivity index (χ4v) is 2.97. The van der Waals surface area contributed by atoms with E-state index >= 15 is 0 Å². The van der Waals surface area contributed by atoms with Gasteiger partial charge >= 0.3 is 0 Å². The third-order valence-electron chi connectivity index (χ3n) is 4.42. The van der Waals surface area contributed by atoms with E-state index in [2.05, 4.69) is 15.6 Å². The minimum absolute atomic E-state index is 0.0965. The number of hydrogen-bond donors (Lipinski definition) is 2. The molecule has 122 valence electrons. The lowest BCUT2D eigenvalue weighted by Gasteiger charge is -2.38. The van der Waals surface area contributed by atoms with Gasteiger partial charge in [0.15, 0.2) is 5.69 Å². The molecule has 1 aromatic heterocycles. The van der Waals surface area contributed by atoms with Crippen molar-refractivity contribution in [3.05, 3.63) is 40.7 Å². The Morgan fingerprint density at radius 2 is 2.26 bits per heavy atom. The molecular weight excluding hydrogens is 314 g/mol. The van der Waals surface area contributed by atoms with Gasteiger partial charge in [-0.3, -0.25) is 4.79 Å². The highest BCUT2D eigenvalue weighted by Crippen LogP contribution is 2.31. The second-order valence-electron chi connectivity index (χ2n) is 6.14. The molecule has 1 saturated carbocycles. The molecule has 1 heterocycles. The van der Waals surface area contributed by atoms with Gasteiger partial charge in [0.25, 0.3) is 5.91 Å². The van der Waals surface area contributed by atoms with Crippen LogP contribution in [-0.2, 0) is 0 Å². The average Bonchev–Trinajstić information content (AvgIpc) is 2.87. The molecule has 6 nitrogen and oxygen atoms in total. The van der Waals surface area contributed by atoms with E-state index in [1.807, 2.05) is 19.1 Å². The smallest absolute Gasteiger partial charge is 0.273 e. The summed E-state index contributed by atoms with van der Waals surface area (Å²) in [5, 5.41) is 11.5. The molecule has 2 aromatic rings. The number of carbonyl (C=O) groups excluding carboxylic acids is 1. The first-order valence-corrected chi connectivity index (χ1v) is 8.12. The molecule has 3 rings (SSSR count). The molecule has 1 aliphatic carbocycles. The van der Waals surface area contributed by atoms with Crippen LogP contribution in [0.2, 0.25) is 5.02 Å². The first-order chi connectivity index (χ1) is 11.0. The molecule has 0 atom stereocenters. The highest BCUT2D eigenvalue weighted by atomic mass is 35.5. The van der Waals surface area contributed by atoms with Gasteiger partial charge in [-0.05, 0) is 50.8 Å². The van der Waals surface area contributed by atoms with Crippen LogP contribution in [0.5, 0.6) is 0 Å². The van der Waals surface area contributed by atoms with Crippen LogP contribution in [-0.4, -0.2) is 33.0 Å². The lowest BCUT2D eigenvalue weighted by atomic mass is 9.75. The Morgan fingerprint density at radius 3 is 2.91 bits per heavy atom. The largest absolute Gasteiger partial charge is 0.351 e. The van der Waals surface area contributed by atoms with E-state index in [0.717, 1.165) is 24.9 Å². The maximum Gasteiger partial charge on any atom is 0.273 e. The second kappa shape index (κ2) is 6.29. The monoisotopic (exact) mass is 333 g/mol. The molecule has 0 bridgehead atoms. The van der Waals surface area contributed by atoms with E-state index in [9.17, 15) is 4.79 Å². The summed E-state index contributed by atoms with van der Waals surface area (Å²) < 4.78 is 1.61. The number of nitrogens with zero attached hydrogens (tertiary/aromatic N) is 3. The van der Waals surface area contributed by atoms with Crippen molar-refractivity contribution in [2.24, 2.45) is 5.73 Å². The van der Waals surface area contributed by atoms with Gasteiger partial charge < -0.3 is 11.1 Å². The number of nitrogens with two attached hydrogens (primary N) is 1. The molecular formula is C16H20ClN5O. The third-order valence-corrected chi connectivity index (χ3v) is 4.66. The Balaban J connectivity index is 1.67. The van der Waals surface area contributed by atoms with E-state index in [1.54, 1.807) is 16.8 Å². The van der Waals surface area contributed by atoms with E-state index in [0.29, 0.717) is 23.0 Å². The first kappa shape index (κ1) is 16.0. The van der Waals surface area contributed by atoms with E-state index < -0.39 is 0 Å². The number of aromatic nitrogens is 3. The molecule has 3 N–H and O–H groups in total. The summed E-state index contributed by atoms with van der Waals surface area (Å²) in [5.41, 5.74) is 7.83. The Labute approximate surface area is 140 Å². The lowest BCUT2D eigenvalue weighted by molar-refractivity contribution is 0.0941. The van der Waals surface area contributed by atoms with Crippen molar-refractivity contribution >= 4 is 17.5 Å². The SMILES string of the molecule is Cc1c(C(=O)NCCC2(N)CCC2)nnn1-c1cccc(Cl)c1. The second-order valence-corrected chi connectivity index (χ2v) is 6.57. The van der Waals surface area contributed by atoms with Crippen molar-refractivity contribution in [1.82, 2.24) is 20.3 Å². The molecule has 23 heavy (non-hydrogen) atoms. The van der Waals surface area contributed by atoms with Crippen LogP contribution >= 0.6 is 11.6 Å². The van der Waals surface area contributed by atoms with Gasteiger partial charge in [0, 0.05) is 17.1 Å². The fourth-order valence-electron chi connectivity index (χ4n) is 2.78. The van der Waals surface area contributed by atoms with Gasteiger partial charge in [-0.15, -0.1) is 5.10 Å². The molecule has 1 aromatic carbocycles. The average molecular weight is 334 g/mol. The maximum atomic E-state index is 12.3. The molecule has 0 unspecified atom stereocenters. The van der Waals surface area contributed by atoms with Crippen molar-refractivity contribution in [3.8, 4) is 5.69 Å². The highest BCUT2D eigenvalue weighted by molar-refractivity contribution is 6.30. The standard InChI is InChI=1S/C16H20ClN5O/c1-11-14(15(23)19-9-8-16(18)6-3-7-16)20-21-22(11)13-5-2-4-12(17)10-13/h2,4-5,10H,3,6-9,18H2,1H3,(H,19,23). The van der Waals surface area contributed by atoms with Gasteiger partial charge in [-0.1, -0.05) is 22.9 Å². The van der Waals surface area contributed by atoms with Crippen molar-refractivity contribution in [1.29, 1.82) is 0 Å². The zero-order valence-corrected chi connectivity index (χ0v) is 13.8. The van der Waals surface area contributed by atoms with Gasteiger partial charge in [0.1, 0.15) is 0 Å². The van der Waals surface area contributed by atoms with Gasteiger partial charge in [0.05, 0.1) is 11.4 Å². The normalized spacial score (nSPS) is 16.0. The molecule has 0 spiro atoms. The van der Waals surface area contributed by atoms with Crippen molar-refractivity contribution in [3.63, 3.8) is 0 Å². The summed E-state index contributed by atoms with van der Waals surface area (Å²) >= 11 is 5.99. The molecule has 1 fully saturated rings. The summed E-state index contributed by atoms with van der Waals surface area (Å²) in [4.78, 5) is 12.3. The minimum atomic E-state index is -0.223. The lowest BCUT2D eigenvalue weighted by Crippen LogP contribution is -2.48. The summed E-state index contributed by atoms with van der Waals surface area (Å²) in [6.07, 6.45) is 4.04. The Morgan fingerprint density at radius 1 is 1.48 bits per heavy atom. The topological polar surface area (TPSA) is 85.8 Å². The molecule has 0 aliphatic heterocycles. The van der Waals surface area contributed by atoms with Crippen molar-refractivity contribution in [2.75, 3.05) is 6.54 Å². The summed E-state index contributed by atoms with van der Waals surface area (Å²) in [6.45, 7) is 2.37. The van der Waals surface area contributed by atoms with E-state index in [1.165, 1.54) is 6.42 Å². The molecule has 1 aliphatic rings. The summed E-state index contributed by atoms with van der Waals surface area (Å²) in [7, 11) is 0. The number of nitrogens with one attached hydrogen (secondary N) is 1. The number of halogens is 1. The summed E-state index contributed by atoms with van der Waals surface area (Å²) in [6, 6.07) is 7.26. The number of benzene rings is 1. The van der Waals surface area contributed by atoms with Crippen LogP contribution in [0, 0.1) is 6.92 Å². The maximum absolute atomic E-state index is 12.3. The van der Waals surface area contributed by atoms with Gasteiger partial charge in [-0.2, -0.15) is 0 Å². The van der Waals surface area contributed by atoms with E-state index in [-0.39, 0.29) is 11.4 Å². The molecule has 0 saturated heterocycles. The van der Waals surface area contributed by atoms with Crippen LogP contribution in [0.25, 0.3) is 5.69 Å². The molecule has 1 amide bonds. The van der Waals surface area contributed by atoms with Crippen LogP contribution in [0.3, 0.4) is 0 Å². The van der Waals surface area contributed by atoms with Crippen LogP contribution in [0.4, 0.5) is 0 Å². The fraction of sp³-hybridized carbons (Fsp3) is 0.438. The Kier molecular flexibility index (Phi) is 4.37. The van der Waals surface area contributed by atoms with Crippen molar-refractivity contribution < 1.29 is 4.79 Å². The van der Waals surface area contributed by atoms with Crippen LogP contribution in [0.1, 0.15) is 41.9 Å². The van der Waals surface area contributed by atoms with Crippen LogP contribution < -0.4 is 11.1 Å². The zero-order valence-electron chi connectivity index (χ0n) is 13.1. The Bertz CT molecular complexity index is 723. The first-order valence-electron chi connectivity index (χ1n) is 7.74. The summed E-state index contributed by atoms with van der Waals surface area (Å²) in [5.74, 6) is -0.223. The Hall–Kier alpha value is -1.92. The highest BCUT2D eigenvalue weighted by Gasteiger charge is 2.32.